The molecule has 1 aromatic rings. The fourth-order valence-electron chi connectivity index (χ4n) is 2.66. The molecule has 0 bridgehead atoms. The maximum Gasteiger partial charge on any atom is 0.326 e. The van der Waals surface area contributed by atoms with Crippen molar-refractivity contribution in [3.05, 3.63) is 29.8 Å². The number of carbonyl (C=O) groups excluding carboxylic acids is 3. The van der Waals surface area contributed by atoms with Crippen molar-refractivity contribution in [1.29, 1.82) is 0 Å². The van der Waals surface area contributed by atoms with Crippen molar-refractivity contribution in [1.82, 2.24) is 16.0 Å². The highest BCUT2D eigenvalue weighted by Gasteiger charge is 2.29. The molecule has 0 aliphatic carbocycles. The van der Waals surface area contributed by atoms with Gasteiger partial charge in [0.1, 0.15) is 23.9 Å². The molecular weight excluding hydrogens is 472 g/mol. The number of thiol groups is 1. The summed E-state index contributed by atoms with van der Waals surface area (Å²) in [7, 11) is 0. The van der Waals surface area contributed by atoms with E-state index in [-0.39, 0.29) is 17.9 Å². The van der Waals surface area contributed by atoms with Crippen LogP contribution in [0.15, 0.2) is 24.3 Å². The Morgan fingerprint density at radius 1 is 1.00 bits per heavy atom. The summed E-state index contributed by atoms with van der Waals surface area (Å²) in [4.78, 5) is 48.7. The smallest absolute Gasteiger partial charge is 0.326 e. The summed E-state index contributed by atoms with van der Waals surface area (Å²) in [5.74, 6) is -3.00. The minimum absolute atomic E-state index is 0.00811. The van der Waals surface area contributed by atoms with Gasteiger partial charge in [0.05, 0.1) is 12.6 Å². The number of thioether (sulfide) groups is 1. The predicted molar refractivity (Wildman–Crippen MR) is 127 cm³/mol. The van der Waals surface area contributed by atoms with E-state index in [4.69, 9.17) is 5.73 Å². The normalized spacial score (nSPS) is 14.4. The summed E-state index contributed by atoms with van der Waals surface area (Å²) in [5, 5.41) is 35.3. The average molecular weight is 503 g/mol. The van der Waals surface area contributed by atoms with Crippen LogP contribution < -0.4 is 21.7 Å². The molecule has 0 heterocycles. The lowest BCUT2D eigenvalue weighted by Crippen LogP contribution is -2.58. The molecule has 0 saturated carbocycles. The van der Waals surface area contributed by atoms with E-state index in [2.05, 4.69) is 28.6 Å². The molecule has 3 amide bonds. The van der Waals surface area contributed by atoms with Gasteiger partial charge in [-0.15, -0.1) is 0 Å². The first kappa shape index (κ1) is 28.6. The monoisotopic (exact) mass is 502 g/mol. The number of benzene rings is 1. The SMILES string of the molecule is CSCCC(N)C(=O)NC(CS)C(=O)NC(CO)C(=O)NC(Cc1ccc(O)cc1)C(=O)O. The topological polar surface area (TPSA) is 191 Å². The zero-order chi connectivity index (χ0) is 25.0. The molecule has 13 heteroatoms. The van der Waals surface area contributed by atoms with Gasteiger partial charge in [0.15, 0.2) is 0 Å². The summed E-state index contributed by atoms with van der Waals surface area (Å²) in [6, 6.07) is 1.04. The van der Waals surface area contributed by atoms with Gasteiger partial charge >= 0.3 is 5.97 Å². The van der Waals surface area contributed by atoms with Crippen molar-refractivity contribution in [2.45, 2.75) is 37.0 Å². The molecule has 0 radical (unpaired) electrons. The molecule has 8 N–H and O–H groups in total. The highest BCUT2D eigenvalue weighted by atomic mass is 32.2. The fraction of sp³-hybridized carbons (Fsp3) is 0.500. The molecule has 4 unspecified atom stereocenters. The van der Waals surface area contributed by atoms with E-state index >= 15 is 0 Å². The van der Waals surface area contributed by atoms with Crippen LogP contribution in [0.2, 0.25) is 0 Å². The van der Waals surface area contributed by atoms with Gasteiger partial charge in [-0.3, -0.25) is 14.4 Å². The van der Waals surface area contributed by atoms with Crippen molar-refractivity contribution < 1.29 is 34.5 Å². The van der Waals surface area contributed by atoms with Gasteiger partial charge in [-0.1, -0.05) is 12.1 Å². The maximum atomic E-state index is 12.5. The second-order valence-electron chi connectivity index (χ2n) is 7.15. The number of nitrogens with one attached hydrogen (secondary N) is 3. The van der Waals surface area contributed by atoms with E-state index in [9.17, 15) is 34.5 Å². The lowest BCUT2D eigenvalue weighted by molar-refractivity contribution is -0.142. The van der Waals surface area contributed by atoms with E-state index in [0.29, 0.717) is 17.7 Å². The number of phenols is 1. The van der Waals surface area contributed by atoms with Crippen LogP contribution in [-0.2, 0) is 25.6 Å². The number of amides is 3. The number of aliphatic hydroxyl groups is 1. The minimum Gasteiger partial charge on any atom is -0.508 e. The number of rotatable bonds is 14. The van der Waals surface area contributed by atoms with Crippen LogP contribution in [0.4, 0.5) is 0 Å². The first-order valence-corrected chi connectivity index (χ1v) is 12.0. The Hall–Kier alpha value is -2.48. The lowest BCUT2D eigenvalue weighted by Gasteiger charge is -2.23. The molecule has 184 valence electrons. The van der Waals surface area contributed by atoms with Crippen LogP contribution in [-0.4, -0.2) is 87.5 Å². The number of phenolic OH excluding ortho intramolecular Hbond substituents is 1. The third-order valence-corrected chi connectivity index (χ3v) is 5.60. The quantitative estimate of drug-likeness (QED) is 0.140. The van der Waals surface area contributed by atoms with Crippen LogP contribution >= 0.6 is 24.4 Å². The van der Waals surface area contributed by atoms with Gasteiger partial charge in [-0.2, -0.15) is 24.4 Å². The third kappa shape index (κ3) is 9.90. The molecule has 0 fully saturated rings. The van der Waals surface area contributed by atoms with Crippen LogP contribution in [0.5, 0.6) is 5.75 Å². The second-order valence-corrected chi connectivity index (χ2v) is 8.50. The van der Waals surface area contributed by atoms with Crippen LogP contribution in [0.1, 0.15) is 12.0 Å². The predicted octanol–water partition coefficient (Wildman–Crippen LogP) is -1.52. The van der Waals surface area contributed by atoms with Gasteiger partial charge in [0.2, 0.25) is 17.7 Å². The summed E-state index contributed by atoms with van der Waals surface area (Å²) >= 11 is 5.56. The van der Waals surface area contributed by atoms with E-state index in [1.807, 2.05) is 6.26 Å². The number of aliphatic carboxylic acids is 1. The zero-order valence-electron chi connectivity index (χ0n) is 18.1. The molecule has 0 aliphatic rings. The summed E-state index contributed by atoms with van der Waals surface area (Å²) in [5.41, 5.74) is 6.32. The molecule has 1 aromatic carbocycles. The Balaban J connectivity index is 2.75. The molecule has 0 saturated heterocycles. The minimum atomic E-state index is -1.45. The van der Waals surface area contributed by atoms with Crippen molar-refractivity contribution in [2.24, 2.45) is 5.73 Å². The molecule has 4 atom stereocenters. The number of carbonyl (C=O) groups is 4. The molecule has 0 aromatic heterocycles. The van der Waals surface area contributed by atoms with Gasteiger partial charge in [-0.05, 0) is 36.1 Å². The Bertz CT molecular complexity index is 810. The first-order chi connectivity index (χ1) is 15.6. The van der Waals surface area contributed by atoms with Crippen molar-refractivity contribution >= 4 is 48.1 Å². The Labute approximate surface area is 201 Å². The molecule has 33 heavy (non-hydrogen) atoms. The largest absolute Gasteiger partial charge is 0.508 e. The lowest BCUT2D eigenvalue weighted by atomic mass is 10.1. The van der Waals surface area contributed by atoms with Crippen molar-refractivity contribution in [2.75, 3.05) is 24.4 Å². The Kier molecular flexibility index (Phi) is 12.7. The number of nitrogens with two attached hydrogens (primary N) is 1. The fourth-order valence-corrected chi connectivity index (χ4v) is 3.40. The van der Waals surface area contributed by atoms with Gasteiger partial charge < -0.3 is 37.0 Å². The zero-order valence-corrected chi connectivity index (χ0v) is 19.8. The van der Waals surface area contributed by atoms with E-state index < -0.39 is 54.5 Å². The number of carboxylic acid groups (broad SMARTS) is 1. The number of carboxylic acids is 1. The maximum absolute atomic E-state index is 12.5. The highest BCUT2D eigenvalue weighted by molar-refractivity contribution is 7.98. The van der Waals surface area contributed by atoms with Gasteiger partial charge in [-0.25, -0.2) is 4.79 Å². The van der Waals surface area contributed by atoms with Crippen molar-refractivity contribution in [3.63, 3.8) is 0 Å². The number of aliphatic hydroxyl groups excluding tert-OH is 1. The van der Waals surface area contributed by atoms with E-state index in [1.54, 1.807) is 0 Å². The highest BCUT2D eigenvalue weighted by Crippen LogP contribution is 2.11. The average Bonchev–Trinajstić information content (AvgIpc) is 2.79. The standard InChI is InChI=1S/C20H30N4O7S2/c1-33-7-6-13(21)17(27)24-16(10-32)19(29)23-15(9-25)18(28)22-14(20(30)31)8-11-2-4-12(26)5-3-11/h2-5,13-16,25-26,32H,6-10,21H2,1H3,(H,22,28)(H,23,29)(H,24,27)(H,30,31). The van der Waals surface area contributed by atoms with Gasteiger partial charge in [0.25, 0.3) is 0 Å². The Morgan fingerprint density at radius 3 is 2.06 bits per heavy atom. The van der Waals surface area contributed by atoms with Crippen LogP contribution in [0.3, 0.4) is 0 Å². The van der Waals surface area contributed by atoms with Crippen LogP contribution in [0.25, 0.3) is 0 Å². The molecular formula is C20H30N4O7S2. The second kappa shape index (κ2) is 14.6. The summed E-state index contributed by atoms with van der Waals surface area (Å²) in [6.45, 7) is -0.802. The molecule has 1 rings (SSSR count). The van der Waals surface area contributed by atoms with E-state index in [1.165, 1.54) is 36.0 Å². The molecule has 0 aliphatic heterocycles. The third-order valence-electron chi connectivity index (χ3n) is 4.59. The van der Waals surface area contributed by atoms with E-state index in [0.717, 1.165) is 0 Å². The number of hydrogen-bond donors (Lipinski definition) is 8. The Morgan fingerprint density at radius 2 is 1.55 bits per heavy atom. The molecule has 11 nitrogen and oxygen atoms in total. The number of aromatic hydroxyl groups is 1. The van der Waals surface area contributed by atoms with Gasteiger partial charge in [0, 0.05) is 12.2 Å². The number of hydrogen-bond acceptors (Lipinski definition) is 9. The summed E-state index contributed by atoms with van der Waals surface area (Å²) in [6.07, 6.45) is 2.19. The van der Waals surface area contributed by atoms with Crippen LogP contribution in [0, 0.1) is 0 Å². The molecule has 0 spiro atoms. The van der Waals surface area contributed by atoms with Crippen molar-refractivity contribution in [3.8, 4) is 5.75 Å². The first-order valence-electron chi connectivity index (χ1n) is 10.0. The summed E-state index contributed by atoms with van der Waals surface area (Å²) < 4.78 is 0.